The highest BCUT2D eigenvalue weighted by Gasteiger charge is 2.27. The Morgan fingerprint density at radius 3 is 2.63 bits per heavy atom. The van der Waals surface area contributed by atoms with Crippen molar-refractivity contribution < 1.29 is 4.79 Å². The SMILES string of the molecule is CN(C)C(=O)CN1CCC(c2cc(-c3ccc4cn(CC5CCCCC5)nc4c3)c3c(N)ncnn23)CC1. The second-order valence-corrected chi connectivity index (χ2v) is 11.4. The molecule has 1 aromatic carbocycles. The van der Waals surface area contributed by atoms with E-state index in [1.165, 1.54) is 38.4 Å². The fourth-order valence-corrected chi connectivity index (χ4v) is 6.29. The monoisotopic (exact) mass is 514 g/mol. The van der Waals surface area contributed by atoms with Gasteiger partial charge in [-0.2, -0.15) is 10.2 Å². The van der Waals surface area contributed by atoms with Crippen LogP contribution in [0.1, 0.15) is 56.6 Å². The van der Waals surface area contributed by atoms with Gasteiger partial charge >= 0.3 is 0 Å². The Kier molecular flexibility index (Phi) is 6.78. The predicted octanol–water partition coefficient (Wildman–Crippen LogP) is 4.18. The molecule has 1 saturated carbocycles. The topological polar surface area (TPSA) is 97.6 Å². The molecule has 2 fully saturated rings. The minimum absolute atomic E-state index is 0.149. The molecule has 2 N–H and O–H groups in total. The molecule has 2 aliphatic rings. The number of amides is 1. The summed E-state index contributed by atoms with van der Waals surface area (Å²) in [7, 11) is 3.62. The van der Waals surface area contributed by atoms with Gasteiger partial charge < -0.3 is 10.6 Å². The number of benzene rings is 1. The van der Waals surface area contributed by atoms with Gasteiger partial charge in [0.1, 0.15) is 11.8 Å². The summed E-state index contributed by atoms with van der Waals surface area (Å²) in [6.07, 6.45) is 12.3. The van der Waals surface area contributed by atoms with Crippen LogP contribution < -0.4 is 5.73 Å². The maximum Gasteiger partial charge on any atom is 0.236 e. The molecule has 1 amide bonds. The number of anilines is 1. The van der Waals surface area contributed by atoms with Crippen LogP contribution in [0, 0.1) is 5.92 Å². The summed E-state index contributed by atoms with van der Waals surface area (Å²) in [5.74, 6) is 1.71. The van der Waals surface area contributed by atoms with E-state index in [2.05, 4.69) is 50.1 Å². The lowest BCUT2D eigenvalue weighted by Gasteiger charge is -2.31. The van der Waals surface area contributed by atoms with Crippen LogP contribution in [0.25, 0.3) is 27.5 Å². The molecule has 4 aromatic rings. The molecule has 1 saturated heterocycles. The first-order chi connectivity index (χ1) is 18.5. The van der Waals surface area contributed by atoms with Crippen LogP contribution >= 0.6 is 0 Å². The van der Waals surface area contributed by atoms with E-state index in [0.29, 0.717) is 18.3 Å². The molecule has 1 aliphatic carbocycles. The smallest absolute Gasteiger partial charge is 0.236 e. The van der Waals surface area contributed by atoms with E-state index in [4.69, 9.17) is 10.8 Å². The van der Waals surface area contributed by atoms with Crippen molar-refractivity contribution in [2.45, 2.75) is 57.4 Å². The third kappa shape index (κ3) is 4.87. The minimum atomic E-state index is 0.149. The molecule has 0 bridgehead atoms. The Balaban J connectivity index is 1.28. The van der Waals surface area contributed by atoms with Crippen LogP contribution in [-0.4, -0.2) is 73.8 Å². The molecule has 9 nitrogen and oxygen atoms in total. The first-order valence-electron chi connectivity index (χ1n) is 14.0. The highest BCUT2D eigenvalue weighted by atomic mass is 16.2. The highest BCUT2D eigenvalue weighted by molar-refractivity contribution is 5.92. The lowest BCUT2D eigenvalue weighted by Crippen LogP contribution is -2.40. The van der Waals surface area contributed by atoms with Crippen LogP contribution in [0.2, 0.25) is 0 Å². The van der Waals surface area contributed by atoms with Crippen LogP contribution in [0.15, 0.2) is 36.8 Å². The molecular formula is C29H38N8O. The average Bonchev–Trinajstić information content (AvgIpc) is 3.51. The first kappa shape index (κ1) is 24.9. The Morgan fingerprint density at radius 2 is 1.87 bits per heavy atom. The third-order valence-electron chi connectivity index (χ3n) is 8.51. The van der Waals surface area contributed by atoms with E-state index >= 15 is 0 Å². The largest absolute Gasteiger partial charge is 0.382 e. The third-order valence-corrected chi connectivity index (χ3v) is 8.51. The first-order valence-corrected chi connectivity index (χ1v) is 14.0. The number of nitrogens with zero attached hydrogens (tertiary/aromatic N) is 7. The van der Waals surface area contributed by atoms with E-state index in [0.717, 1.165) is 71.6 Å². The number of carbonyl (C=O) groups excluding carboxylic acids is 1. The molecule has 0 unspecified atom stereocenters. The lowest BCUT2D eigenvalue weighted by molar-refractivity contribution is -0.130. The highest BCUT2D eigenvalue weighted by Crippen LogP contribution is 2.37. The standard InChI is InChI=1S/C29H38N8O/c1-34(2)27(38)18-35-12-10-21(11-13-35)26-15-24(28-29(30)31-19-32-37(26)28)22-8-9-23-17-36(33-25(23)14-22)16-20-6-4-3-5-7-20/h8-9,14-15,17,19-21H,3-7,10-13,16,18H2,1-2H3,(H2,30,31,32). The average molecular weight is 515 g/mol. The normalized spacial score (nSPS) is 17.9. The number of likely N-dealkylation sites (tertiary alicyclic amines) is 1. The fraction of sp³-hybridized carbons (Fsp3) is 0.517. The van der Waals surface area contributed by atoms with E-state index in [9.17, 15) is 4.79 Å². The number of nitrogen functional groups attached to an aromatic ring is 1. The maximum absolute atomic E-state index is 12.2. The molecule has 38 heavy (non-hydrogen) atoms. The van der Waals surface area contributed by atoms with Gasteiger partial charge in [0, 0.05) is 49.4 Å². The van der Waals surface area contributed by atoms with Crippen LogP contribution in [0.5, 0.6) is 0 Å². The molecule has 0 spiro atoms. The van der Waals surface area contributed by atoms with Gasteiger partial charge in [0.25, 0.3) is 0 Å². The Labute approximate surface area is 223 Å². The number of hydrogen-bond donors (Lipinski definition) is 1. The zero-order chi connectivity index (χ0) is 26.2. The summed E-state index contributed by atoms with van der Waals surface area (Å²) in [5, 5.41) is 10.7. The number of carbonyl (C=O) groups is 1. The van der Waals surface area contributed by atoms with Crippen molar-refractivity contribution in [1.29, 1.82) is 0 Å². The summed E-state index contributed by atoms with van der Waals surface area (Å²) in [6, 6.07) is 8.74. The van der Waals surface area contributed by atoms with Gasteiger partial charge in [-0.05, 0) is 62.4 Å². The summed E-state index contributed by atoms with van der Waals surface area (Å²) in [6.45, 7) is 3.25. The van der Waals surface area contributed by atoms with Gasteiger partial charge in [-0.15, -0.1) is 0 Å². The molecule has 9 heteroatoms. The van der Waals surface area contributed by atoms with Gasteiger partial charge in [-0.3, -0.25) is 14.4 Å². The zero-order valence-corrected chi connectivity index (χ0v) is 22.5. The van der Waals surface area contributed by atoms with Crippen LogP contribution in [-0.2, 0) is 11.3 Å². The van der Waals surface area contributed by atoms with Crippen LogP contribution in [0.4, 0.5) is 5.82 Å². The number of likely N-dealkylation sites (N-methyl/N-ethyl adjacent to an activating group) is 1. The predicted molar refractivity (Wildman–Crippen MR) is 150 cm³/mol. The Hall–Kier alpha value is -3.46. The van der Waals surface area contributed by atoms with Gasteiger partial charge in [-0.25, -0.2) is 9.50 Å². The van der Waals surface area contributed by atoms with E-state index in [1.807, 2.05) is 18.6 Å². The number of fused-ring (bicyclic) bond motifs is 2. The molecule has 4 heterocycles. The molecular weight excluding hydrogens is 476 g/mol. The van der Waals surface area contributed by atoms with Gasteiger partial charge in [0.2, 0.25) is 5.91 Å². The summed E-state index contributed by atoms with van der Waals surface area (Å²) >= 11 is 0. The lowest BCUT2D eigenvalue weighted by atomic mass is 9.89. The van der Waals surface area contributed by atoms with Crippen molar-refractivity contribution in [3.63, 3.8) is 0 Å². The Bertz CT molecular complexity index is 1440. The molecule has 3 aromatic heterocycles. The molecule has 1 aliphatic heterocycles. The summed E-state index contributed by atoms with van der Waals surface area (Å²) < 4.78 is 4.12. The zero-order valence-electron chi connectivity index (χ0n) is 22.5. The molecule has 0 atom stereocenters. The van der Waals surface area contributed by atoms with E-state index < -0.39 is 0 Å². The molecule has 6 rings (SSSR count). The van der Waals surface area contributed by atoms with E-state index in [1.54, 1.807) is 4.90 Å². The fourth-order valence-electron chi connectivity index (χ4n) is 6.29. The van der Waals surface area contributed by atoms with Gasteiger partial charge in [0.05, 0.1) is 12.1 Å². The number of piperidine rings is 1. The second kappa shape index (κ2) is 10.4. The summed E-state index contributed by atoms with van der Waals surface area (Å²) in [5.41, 5.74) is 11.6. The van der Waals surface area contributed by atoms with Crippen molar-refractivity contribution >= 4 is 28.1 Å². The molecule has 200 valence electrons. The van der Waals surface area contributed by atoms with Crippen molar-refractivity contribution in [2.75, 3.05) is 39.5 Å². The number of hydrogen-bond acceptors (Lipinski definition) is 6. The van der Waals surface area contributed by atoms with E-state index in [-0.39, 0.29) is 5.91 Å². The summed E-state index contributed by atoms with van der Waals surface area (Å²) in [4.78, 5) is 20.4. The van der Waals surface area contributed by atoms with Crippen molar-refractivity contribution in [3.05, 3.63) is 42.5 Å². The minimum Gasteiger partial charge on any atom is -0.382 e. The van der Waals surface area contributed by atoms with Crippen molar-refractivity contribution in [2.24, 2.45) is 5.92 Å². The molecule has 0 radical (unpaired) electrons. The number of nitrogens with two attached hydrogens (primary N) is 1. The van der Waals surface area contributed by atoms with Crippen LogP contribution in [0.3, 0.4) is 0 Å². The second-order valence-electron chi connectivity index (χ2n) is 11.4. The number of rotatable bonds is 6. The number of aromatic nitrogens is 5. The van der Waals surface area contributed by atoms with Crippen molar-refractivity contribution in [3.8, 4) is 11.1 Å². The Morgan fingerprint density at radius 1 is 1.08 bits per heavy atom. The van der Waals surface area contributed by atoms with Gasteiger partial charge in [0.15, 0.2) is 5.82 Å². The van der Waals surface area contributed by atoms with Crippen molar-refractivity contribution in [1.82, 2.24) is 34.2 Å². The van der Waals surface area contributed by atoms with Gasteiger partial charge in [-0.1, -0.05) is 31.4 Å². The maximum atomic E-state index is 12.2. The quantitative estimate of drug-likeness (QED) is 0.415.